The average Bonchev–Trinajstić information content (AvgIpc) is 3.16. The van der Waals surface area contributed by atoms with Gasteiger partial charge in [-0.1, -0.05) is 26.2 Å². The summed E-state index contributed by atoms with van der Waals surface area (Å²) in [7, 11) is 0. The molecule has 0 radical (unpaired) electrons. The van der Waals surface area contributed by atoms with Crippen LogP contribution in [0.3, 0.4) is 0 Å². The molecule has 0 saturated heterocycles. The molecule has 0 aromatic rings. The number of alkyl carbamates (subject to hydrolysis) is 2. The van der Waals surface area contributed by atoms with Crippen molar-refractivity contribution in [2.45, 2.75) is 109 Å². The number of carbonyl (C=O) groups excluding carboxylic acids is 5. The maximum atomic E-state index is 12.9. The summed E-state index contributed by atoms with van der Waals surface area (Å²) < 4.78 is 11.5. The minimum absolute atomic E-state index is 0.0137. The van der Waals surface area contributed by atoms with Gasteiger partial charge in [-0.25, -0.2) is 38.9 Å². The quantitative estimate of drug-likeness (QED) is 0.0722. The molecule has 0 aromatic heterocycles. The van der Waals surface area contributed by atoms with E-state index in [1.165, 1.54) is 0 Å². The number of hydrogen-bond donors (Lipinski definition) is 4. The standard InChI is InChI=1S/C37H60N6O8/c1-2-37(13-12-34(47)41-20-31-9-3-6-28(14-31)17-38-25-44,23-50-35(48)42-21-32-10-4-7-29(15-32)18-39-26-45)24-51-36(49)43-22-33-11-5-8-30(16-33)19-40-27-46/h28-34,41,47H,2-24H2,1H3,(H,42,48)(H,43,49). The van der Waals surface area contributed by atoms with Crippen molar-refractivity contribution in [2.24, 2.45) is 55.9 Å². The third-order valence-corrected chi connectivity index (χ3v) is 11.3. The number of nitrogens with one attached hydrogen (secondary N) is 3. The normalized spacial score (nSPS) is 26.5. The first-order valence-corrected chi connectivity index (χ1v) is 19.1. The molecule has 0 aliphatic heterocycles. The van der Waals surface area contributed by atoms with Gasteiger partial charge in [0.1, 0.15) is 19.4 Å². The lowest BCUT2D eigenvalue weighted by Crippen LogP contribution is -2.41. The number of hydrogen-bond acceptors (Lipinski definition) is 12. The van der Waals surface area contributed by atoms with Gasteiger partial charge >= 0.3 is 12.2 Å². The van der Waals surface area contributed by atoms with Crippen molar-refractivity contribution < 1.29 is 38.6 Å². The molecule has 3 aliphatic rings. The zero-order valence-corrected chi connectivity index (χ0v) is 30.5. The molecule has 3 rings (SSSR count). The predicted octanol–water partition coefficient (Wildman–Crippen LogP) is 4.95. The molecule has 286 valence electrons. The van der Waals surface area contributed by atoms with Crippen LogP contribution in [0.5, 0.6) is 0 Å². The van der Waals surface area contributed by atoms with Crippen LogP contribution >= 0.6 is 0 Å². The Morgan fingerprint density at radius 1 is 0.686 bits per heavy atom. The number of ether oxygens (including phenoxy) is 2. The van der Waals surface area contributed by atoms with E-state index >= 15 is 0 Å². The Morgan fingerprint density at radius 2 is 1.08 bits per heavy atom. The second kappa shape index (κ2) is 24.0. The maximum absolute atomic E-state index is 12.9. The SMILES string of the molecule is CCC(CCC(O)NCC1CCCC(CN=C=O)C1)(COC(=O)NCC1CCCC(CN=C=O)C1)COC(=O)NCC1CCCC(CN=C=O)C1. The maximum Gasteiger partial charge on any atom is 0.407 e. The topological polar surface area (TPSA) is 197 Å². The second-order valence-corrected chi connectivity index (χ2v) is 15.2. The van der Waals surface area contributed by atoms with Crippen molar-refractivity contribution in [3.05, 3.63) is 0 Å². The van der Waals surface area contributed by atoms with Gasteiger partial charge in [-0.2, -0.15) is 0 Å². The number of aliphatic hydroxyl groups excluding tert-OH is 1. The molecule has 7 atom stereocenters. The van der Waals surface area contributed by atoms with E-state index in [-0.39, 0.29) is 25.0 Å². The Labute approximate surface area is 302 Å². The molecular weight excluding hydrogens is 656 g/mol. The Balaban J connectivity index is 1.52. The third kappa shape index (κ3) is 16.7. The smallest absolute Gasteiger partial charge is 0.407 e. The van der Waals surface area contributed by atoms with E-state index in [1.54, 1.807) is 18.2 Å². The number of aliphatic hydroxyl groups is 1. The largest absolute Gasteiger partial charge is 0.449 e. The van der Waals surface area contributed by atoms with E-state index in [1.807, 2.05) is 6.92 Å². The molecule has 51 heavy (non-hydrogen) atoms. The summed E-state index contributed by atoms with van der Waals surface area (Å²) in [5.74, 6) is 1.91. The van der Waals surface area contributed by atoms with Gasteiger partial charge in [0.15, 0.2) is 0 Å². The van der Waals surface area contributed by atoms with Gasteiger partial charge in [0.2, 0.25) is 18.2 Å². The van der Waals surface area contributed by atoms with Crippen LogP contribution < -0.4 is 16.0 Å². The van der Waals surface area contributed by atoms with Crippen LogP contribution in [0.2, 0.25) is 0 Å². The summed E-state index contributed by atoms with van der Waals surface area (Å²) in [6, 6.07) is 0. The van der Waals surface area contributed by atoms with Gasteiger partial charge in [0, 0.05) is 25.0 Å². The van der Waals surface area contributed by atoms with E-state index in [0.717, 1.165) is 77.0 Å². The number of rotatable bonds is 21. The fourth-order valence-electron chi connectivity index (χ4n) is 8.17. The minimum Gasteiger partial charge on any atom is -0.449 e. The fourth-order valence-corrected chi connectivity index (χ4v) is 8.17. The summed E-state index contributed by atoms with van der Waals surface area (Å²) in [6.07, 6.45) is 16.2. The molecular formula is C37H60N6O8. The van der Waals surface area contributed by atoms with Crippen molar-refractivity contribution in [2.75, 3.05) is 52.5 Å². The third-order valence-electron chi connectivity index (χ3n) is 11.3. The van der Waals surface area contributed by atoms with Crippen molar-refractivity contribution in [3.63, 3.8) is 0 Å². The first-order chi connectivity index (χ1) is 24.8. The zero-order valence-electron chi connectivity index (χ0n) is 30.5. The van der Waals surface area contributed by atoms with E-state index in [4.69, 9.17) is 9.47 Å². The second-order valence-electron chi connectivity index (χ2n) is 15.2. The molecule has 2 amide bonds. The molecule has 14 heteroatoms. The van der Waals surface area contributed by atoms with Crippen molar-refractivity contribution in [1.82, 2.24) is 16.0 Å². The molecule has 0 aromatic carbocycles. The zero-order chi connectivity index (χ0) is 36.7. The van der Waals surface area contributed by atoms with Crippen LogP contribution in [0.4, 0.5) is 9.59 Å². The first-order valence-electron chi connectivity index (χ1n) is 19.1. The van der Waals surface area contributed by atoms with Crippen LogP contribution in [0.15, 0.2) is 15.0 Å². The highest BCUT2D eigenvalue weighted by Gasteiger charge is 2.34. The lowest BCUT2D eigenvalue weighted by molar-refractivity contribution is 0.00458. The highest BCUT2D eigenvalue weighted by Crippen LogP contribution is 2.33. The van der Waals surface area contributed by atoms with E-state index in [0.29, 0.717) is 82.2 Å². The van der Waals surface area contributed by atoms with Crippen molar-refractivity contribution in [3.8, 4) is 0 Å². The van der Waals surface area contributed by atoms with Gasteiger partial charge in [-0.05, 0) is 113 Å². The molecule has 3 saturated carbocycles. The fraction of sp³-hybridized carbons (Fsp3) is 0.865. The summed E-state index contributed by atoms with van der Waals surface area (Å²) in [4.78, 5) is 68.6. The lowest BCUT2D eigenvalue weighted by Gasteiger charge is -2.33. The lowest BCUT2D eigenvalue weighted by atomic mass is 9.81. The first kappa shape index (κ1) is 42.0. The van der Waals surface area contributed by atoms with Crippen LogP contribution in [-0.4, -0.2) is 94.2 Å². The monoisotopic (exact) mass is 716 g/mol. The minimum atomic E-state index is -0.794. The number of nitrogens with zero attached hydrogens (tertiary/aromatic N) is 3. The predicted molar refractivity (Wildman–Crippen MR) is 190 cm³/mol. The van der Waals surface area contributed by atoms with Crippen molar-refractivity contribution >= 4 is 30.4 Å². The average molecular weight is 717 g/mol. The van der Waals surface area contributed by atoms with Crippen LogP contribution in [0.25, 0.3) is 0 Å². The molecule has 7 unspecified atom stereocenters. The molecule has 3 aliphatic carbocycles. The molecule has 0 spiro atoms. The summed E-state index contributed by atoms with van der Waals surface area (Å²) in [5, 5.41) is 20.0. The van der Waals surface area contributed by atoms with E-state index in [9.17, 15) is 29.1 Å². The number of isocyanates is 3. The molecule has 4 N–H and O–H groups in total. The molecule has 14 nitrogen and oxygen atoms in total. The van der Waals surface area contributed by atoms with Gasteiger partial charge in [-0.15, -0.1) is 0 Å². The Morgan fingerprint density at radius 3 is 1.47 bits per heavy atom. The van der Waals surface area contributed by atoms with Crippen molar-refractivity contribution in [1.29, 1.82) is 0 Å². The Hall–Kier alpha value is -3.40. The Kier molecular flexibility index (Phi) is 19.7. The molecule has 0 bridgehead atoms. The highest BCUT2D eigenvalue weighted by molar-refractivity contribution is 5.67. The van der Waals surface area contributed by atoms with Gasteiger partial charge in [0.05, 0.1) is 19.6 Å². The van der Waals surface area contributed by atoms with Gasteiger partial charge in [0.25, 0.3) is 0 Å². The Bertz CT molecular complexity index is 1140. The van der Waals surface area contributed by atoms with Crippen LogP contribution in [0, 0.1) is 40.9 Å². The summed E-state index contributed by atoms with van der Waals surface area (Å²) >= 11 is 0. The summed E-state index contributed by atoms with van der Waals surface area (Å²) in [5.41, 5.74) is -0.717. The van der Waals surface area contributed by atoms with Gasteiger partial charge in [-0.3, -0.25) is 5.32 Å². The number of amides is 2. The molecule has 0 heterocycles. The molecule has 3 fully saturated rings. The number of aliphatic imine (C=N–C) groups is 3. The summed E-state index contributed by atoms with van der Waals surface area (Å²) in [6.45, 7) is 4.99. The van der Waals surface area contributed by atoms with E-state index < -0.39 is 23.8 Å². The van der Waals surface area contributed by atoms with Crippen LogP contribution in [0.1, 0.15) is 103 Å². The van der Waals surface area contributed by atoms with Gasteiger partial charge < -0.3 is 25.2 Å². The highest BCUT2D eigenvalue weighted by atomic mass is 16.6. The van der Waals surface area contributed by atoms with Crippen LogP contribution in [-0.2, 0) is 23.9 Å². The number of carbonyl (C=O) groups is 2. The van der Waals surface area contributed by atoms with E-state index in [2.05, 4.69) is 30.9 Å².